The van der Waals surface area contributed by atoms with Crippen LogP contribution in [0.3, 0.4) is 0 Å². The van der Waals surface area contributed by atoms with Gasteiger partial charge < -0.3 is 11.1 Å². The minimum atomic E-state index is 0.0904. The van der Waals surface area contributed by atoms with E-state index in [1.807, 2.05) is 24.3 Å². The Hall–Kier alpha value is -1.42. The zero-order chi connectivity index (χ0) is 15.7. The van der Waals surface area contributed by atoms with Gasteiger partial charge in [0.25, 0.3) is 0 Å². The average molecular weight is 306 g/mol. The number of carbonyl (C=O) groups excluding carboxylic acids is 1. The third-order valence-electron chi connectivity index (χ3n) is 3.51. The molecule has 21 heavy (non-hydrogen) atoms. The topological polar surface area (TPSA) is 55.1 Å². The van der Waals surface area contributed by atoms with Crippen LogP contribution < -0.4 is 11.1 Å². The molecule has 1 aromatic rings. The summed E-state index contributed by atoms with van der Waals surface area (Å²) in [6.07, 6.45) is 5.94. The summed E-state index contributed by atoms with van der Waals surface area (Å²) in [5.74, 6) is 0.0904. The van der Waals surface area contributed by atoms with Crippen LogP contribution in [-0.2, 0) is 11.2 Å². The molecule has 3 nitrogen and oxygen atoms in total. The van der Waals surface area contributed by atoms with Crippen molar-refractivity contribution in [1.82, 2.24) is 5.32 Å². The fraction of sp³-hybridized carbons (Fsp3) is 0.529. The van der Waals surface area contributed by atoms with Crippen LogP contribution in [-0.4, -0.2) is 16.9 Å². The molecule has 1 aromatic carbocycles. The maximum atomic E-state index is 12.1. The van der Waals surface area contributed by atoms with Crippen molar-refractivity contribution < 1.29 is 4.79 Å². The lowest BCUT2D eigenvalue weighted by Crippen LogP contribution is -2.35. The molecule has 0 aliphatic heterocycles. The molecule has 1 unspecified atom stereocenters. The Labute approximate surface area is 133 Å². The van der Waals surface area contributed by atoms with Gasteiger partial charge >= 0.3 is 0 Å². The van der Waals surface area contributed by atoms with Crippen molar-refractivity contribution in [3.8, 4) is 0 Å². The molecular weight excluding hydrogens is 280 g/mol. The van der Waals surface area contributed by atoms with Gasteiger partial charge in [-0.25, -0.2) is 0 Å². The molecule has 0 aliphatic rings. The standard InChI is InChI=1S/C17H26N2OS/c1-3-5-7-15(6-4-2)19-16(20)12-13-8-10-14(11-9-13)17(18)21/h8-11,15H,3-7,12H2,1-2H3,(H2,18,21)(H,19,20). The first-order valence-electron chi connectivity index (χ1n) is 7.74. The molecule has 0 saturated heterocycles. The Morgan fingerprint density at radius 3 is 2.38 bits per heavy atom. The van der Waals surface area contributed by atoms with Crippen LogP contribution in [0.4, 0.5) is 0 Å². The fourth-order valence-corrected chi connectivity index (χ4v) is 2.47. The summed E-state index contributed by atoms with van der Waals surface area (Å²) >= 11 is 4.92. The highest BCUT2D eigenvalue weighted by molar-refractivity contribution is 7.80. The predicted octanol–water partition coefficient (Wildman–Crippen LogP) is 3.34. The monoisotopic (exact) mass is 306 g/mol. The lowest BCUT2D eigenvalue weighted by molar-refractivity contribution is -0.121. The number of rotatable bonds is 9. The van der Waals surface area contributed by atoms with Crippen LogP contribution in [0.1, 0.15) is 57.1 Å². The minimum absolute atomic E-state index is 0.0904. The molecule has 0 radical (unpaired) electrons. The molecule has 0 saturated carbocycles. The molecule has 0 bridgehead atoms. The summed E-state index contributed by atoms with van der Waals surface area (Å²) < 4.78 is 0. The van der Waals surface area contributed by atoms with Gasteiger partial charge in [-0.3, -0.25) is 4.79 Å². The minimum Gasteiger partial charge on any atom is -0.389 e. The quantitative estimate of drug-likeness (QED) is 0.688. The third-order valence-corrected chi connectivity index (χ3v) is 3.75. The molecule has 1 amide bonds. The van der Waals surface area contributed by atoms with E-state index >= 15 is 0 Å². The summed E-state index contributed by atoms with van der Waals surface area (Å²) in [5, 5.41) is 3.15. The first-order chi connectivity index (χ1) is 10.1. The molecule has 0 aliphatic carbocycles. The summed E-state index contributed by atoms with van der Waals surface area (Å²) in [4.78, 5) is 12.5. The number of thiocarbonyl (C=S) groups is 1. The second-order valence-electron chi connectivity index (χ2n) is 5.43. The molecule has 0 spiro atoms. The van der Waals surface area contributed by atoms with Gasteiger partial charge in [0, 0.05) is 11.6 Å². The lowest BCUT2D eigenvalue weighted by Gasteiger charge is -2.18. The number of amides is 1. The second kappa shape index (κ2) is 9.50. The van der Waals surface area contributed by atoms with E-state index < -0.39 is 0 Å². The average Bonchev–Trinajstić information content (AvgIpc) is 2.45. The van der Waals surface area contributed by atoms with Gasteiger partial charge in [-0.2, -0.15) is 0 Å². The fourth-order valence-electron chi connectivity index (χ4n) is 2.34. The second-order valence-corrected chi connectivity index (χ2v) is 5.87. The van der Waals surface area contributed by atoms with Gasteiger partial charge in [-0.15, -0.1) is 0 Å². The molecule has 0 aromatic heterocycles. The van der Waals surface area contributed by atoms with Gasteiger partial charge in [0.1, 0.15) is 4.99 Å². The molecule has 116 valence electrons. The van der Waals surface area contributed by atoms with E-state index in [-0.39, 0.29) is 5.91 Å². The molecule has 0 fully saturated rings. The van der Waals surface area contributed by atoms with E-state index in [0.29, 0.717) is 17.5 Å². The number of carbonyl (C=O) groups is 1. The van der Waals surface area contributed by atoms with Crippen molar-refractivity contribution >= 4 is 23.1 Å². The van der Waals surface area contributed by atoms with Gasteiger partial charge in [-0.1, -0.05) is 69.6 Å². The molecule has 4 heteroatoms. The van der Waals surface area contributed by atoms with Crippen LogP contribution in [0.15, 0.2) is 24.3 Å². The normalized spacial score (nSPS) is 11.9. The van der Waals surface area contributed by atoms with Crippen molar-refractivity contribution in [2.75, 3.05) is 0 Å². The van der Waals surface area contributed by atoms with Gasteiger partial charge in [0.15, 0.2) is 0 Å². The smallest absolute Gasteiger partial charge is 0.224 e. The van der Waals surface area contributed by atoms with Crippen molar-refractivity contribution in [3.63, 3.8) is 0 Å². The number of nitrogens with two attached hydrogens (primary N) is 1. The third kappa shape index (κ3) is 6.71. The van der Waals surface area contributed by atoms with Gasteiger partial charge in [0.05, 0.1) is 6.42 Å². The van der Waals surface area contributed by atoms with E-state index in [2.05, 4.69) is 19.2 Å². The largest absolute Gasteiger partial charge is 0.389 e. The number of benzene rings is 1. The predicted molar refractivity (Wildman–Crippen MR) is 92.4 cm³/mol. The highest BCUT2D eigenvalue weighted by atomic mass is 32.1. The number of unbranched alkanes of at least 4 members (excludes halogenated alkanes) is 1. The van der Waals surface area contributed by atoms with Crippen molar-refractivity contribution in [1.29, 1.82) is 0 Å². The van der Waals surface area contributed by atoms with Gasteiger partial charge in [0.2, 0.25) is 5.91 Å². The Balaban J connectivity index is 2.52. The summed E-state index contributed by atoms with van der Waals surface area (Å²) in [6, 6.07) is 7.86. The van der Waals surface area contributed by atoms with Crippen LogP contribution in [0.25, 0.3) is 0 Å². The number of hydrogen-bond donors (Lipinski definition) is 2. The molecule has 1 rings (SSSR count). The molecule has 3 N–H and O–H groups in total. The Morgan fingerprint density at radius 2 is 1.86 bits per heavy atom. The van der Waals surface area contributed by atoms with E-state index in [0.717, 1.165) is 43.2 Å². The van der Waals surface area contributed by atoms with Crippen LogP contribution in [0.2, 0.25) is 0 Å². The van der Waals surface area contributed by atoms with Crippen molar-refractivity contribution in [2.45, 2.75) is 58.4 Å². The first-order valence-corrected chi connectivity index (χ1v) is 8.15. The summed E-state index contributed by atoms with van der Waals surface area (Å²) in [7, 11) is 0. The molecule has 1 atom stereocenters. The highest BCUT2D eigenvalue weighted by Gasteiger charge is 2.11. The van der Waals surface area contributed by atoms with Gasteiger partial charge in [-0.05, 0) is 18.4 Å². The zero-order valence-corrected chi connectivity index (χ0v) is 13.8. The Kier molecular flexibility index (Phi) is 7.98. The number of nitrogens with one attached hydrogen (secondary N) is 1. The van der Waals surface area contributed by atoms with Crippen LogP contribution >= 0.6 is 12.2 Å². The van der Waals surface area contributed by atoms with Crippen molar-refractivity contribution in [3.05, 3.63) is 35.4 Å². The van der Waals surface area contributed by atoms with E-state index in [9.17, 15) is 4.79 Å². The molecule has 0 heterocycles. The summed E-state index contributed by atoms with van der Waals surface area (Å²) in [6.45, 7) is 4.33. The van der Waals surface area contributed by atoms with E-state index in [1.165, 1.54) is 0 Å². The zero-order valence-electron chi connectivity index (χ0n) is 13.0. The Morgan fingerprint density at radius 1 is 1.19 bits per heavy atom. The SMILES string of the molecule is CCCCC(CCC)NC(=O)Cc1ccc(C(N)=S)cc1. The van der Waals surface area contributed by atoms with E-state index in [1.54, 1.807) is 0 Å². The Bertz CT molecular complexity index is 456. The lowest BCUT2D eigenvalue weighted by atomic mass is 10.0. The van der Waals surface area contributed by atoms with Crippen LogP contribution in [0, 0.1) is 0 Å². The maximum absolute atomic E-state index is 12.1. The van der Waals surface area contributed by atoms with Crippen molar-refractivity contribution in [2.24, 2.45) is 5.73 Å². The maximum Gasteiger partial charge on any atom is 0.224 e. The highest BCUT2D eigenvalue weighted by Crippen LogP contribution is 2.09. The first kappa shape index (κ1) is 17.6. The molecular formula is C17H26N2OS. The van der Waals surface area contributed by atoms with E-state index in [4.69, 9.17) is 18.0 Å². The van der Waals surface area contributed by atoms with Crippen LogP contribution in [0.5, 0.6) is 0 Å². The summed E-state index contributed by atoms with van der Waals surface area (Å²) in [5.41, 5.74) is 7.38. The number of hydrogen-bond acceptors (Lipinski definition) is 2.